The lowest BCUT2D eigenvalue weighted by Crippen LogP contribution is -2.21. The number of halogens is 1. The number of aromatic nitrogens is 4. The van der Waals surface area contributed by atoms with Crippen LogP contribution in [0.2, 0.25) is 0 Å². The van der Waals surface area contributed by atoms with Gasteiger partial charge in [-0.3, -0.25) is 4.98 Å². The monoisotopic (exact) mass is 295 g/mol. The van der Waals surface area contributed by atoms with Gasteiger partial charge in [0.2, 0.25) is 0 Å². The summed E-state index contributed by atoms with van der Waals surface area (Å²) in [4.78, 5) is 4.22. The molecule has 1 N–H and O–H groups in total. The zero-order valence-corrected chi connectivity index (χ0v) is 11.6. The fourth-order valence-corrected chi connectivity index (χ4v) is 2.40. The molecule has 0 aliphatic carbocycles. The van der Waals surface area contributed by atoms with Crippen LogP contribution < -0.4 is 5.32 Å². The lowest BCUT2D eigenvalue weighted by atomic mass is 10.1. The molecule has 5 nitrogen and oxygen atoms in total. The third kappa shape index (κ3) is 2.37. The second-order valence-corrected chi connectivity index (χ2v) is 4.66. The minimum atomic E-state index is 0.0248. The highest BCUT2D eigenvalue weighted by molar-refractivity contribution is 9.10. The molecule has 2 rings (SSSR count). The van der Waals surface area contributed by atoms with Crippen molar-refractivity contribution >= 4 is 15.9 Å². The Morgan fingerprint density at radius 3 is 2.71 bits per heavy atom. The maximum Gasteiger partial charge on any atom is 0.153 e. The lowest BCUT2D eigenvalue weighted by molar-refractivity contribution is 0.595. The van der Waals surface area contributed by atoms with E-state index in [0.717, 1.165) is 21.4 Å². The first-order valence-corrected chi connectivity index (χ1v) is 6.06. The van der Waals surface area contributed by atoms with Gasteiger partial charge in [-0.2, -0.15) is 0 Å². The van der Waals surface area contributed by atoms with E-state index in [1.807, 2.05) is 33.4 Å². The van der Waals surface area contributed by atoms with E-state index in [1.165, 1.54) is 0 Å². The van der Waals surface area contributed by atoms with E-state index >= 15 is 0 Å². The van der Waals surface area contributed by atoms with E-state index in [9.17, 15) is 0 Å². The van der Waals surface area contributed by atoms with Crippen LogP contribution in [0.5, 0.6) is 0 Å². The molecule has 0 saturated heterocycles. The molecule has 0 bridgehead atoms. The van der Waals surface area contributed by atoms with Gasteiger partial charge >= 0.3 is 0 Å². The summed E-state index contributed by atoms with van der Waals surface area (Å²) in [6, 6.07) is 2.13. The van der Waals surface area contributed by atoms with Gasteiger partial charge in [-0.1, -0.05) is 11.3 Å². The molecule has 0 spiro atoms. The van der Waals surface area contributed by atoms with Gasteiger partial charge in [0.1, 0.15) is 0 Å². The number of hydrogen-bond donors (Lipinski definition) is 1. The largest absolute Gasteiger partial charge is 0.308 e. The lowest BCUT2D eigenvalue weighted by Gasteiger charge is -2.16. The summed E-state index contributed by atoms with van der Waals surface area (Å²) in [6.45, 7) is 2.03. The van der Waals surface area contributed by atoms with E-state index in [-0.39, 0.29) is 6.04 Å². The van der Waals surface area contributed by atoms with E-state index < -0.39 is 0 Å². The van der Waals surface area contributed by atoms with Crippen molar-refractivity contribution in [2.45, 2.75) is 13.0 Å². The molecule has 1 unspecified atom stereocenters. The molecule has 90 valence electrons. The van der Waals surface area contributed by atoms with Gasteiger partial charge in [-0.15, -0.1) is 5.10 Å². The van der Waals surface area contributed by atoms with Crippen LogP contribution in [0, 0.1) is 6.92 Å². The van der Waals surface area contributed by atoms with Gasteiger partial charge in [0, 0.05) is 19.4 Å². The van der Waals surface area contributed by atoms with Gasteiger partial charge in [-0.05, 0) is 41.0 Å². The van der Waals surface area contributed by atoms with E-state index in [4.69, 9.17) is 0 Å². The van der Waals surface area contributed by atoms with E-state index in [2.05, 4.69) is 42.6 Å². The van der Waals surface area contributed by atoms with Crippen molar-refractivity contribution < 1.29 is 0 Å². The standard InChI is InChI=1S/C11H14BrN5/c1-7-4-8(6-14-5-7)9(13-2)10-11(12)15-16-17(10)3/h4-6,9,13H,1-3H3. The van der Waals surface area contributed by atoms with Crippen molar-refractivity contribution in [1.29, 1.82) is 0 Å². The Morgan fingerprint density at radius 2 is 2.18 bits per heavy atom. The minimum Gasteiger partial charge on any atom is -0.308 e. The van der Waals surface area contributed by atoms with Crippen LogP contribution in [0.15, 0.2) is 23.1 Å². The van der Waals surface area contributed by atoms with Crippen LogP contribution in [0.4, 0.5) is 0 Å². The van der Waals surface area contributed by atoms with Gasteiger partial charge in [-0.25, -0.2) is 4.68 Å². The summed E-state index contributed by atoms with van der Waals surface area (Å²) >= 11 is 3.42. The summed E-state index contributed by atoms with van der Waals surface area (Å²) in [5.41, 5.74) is 3.22. The highest BCUT2D eigenvalue weighted by Gasteiger charge is 2.20. The van der Waals surface area contributed by atoms with Crippen LogP contribution in [-0.4, -0.2) is 27.0 Å². The Hall–Kier alpha value is -1.27. The molecule has 0 aliphatic rings. The van der Waals surface area contributed by atoms with Gasteiger partial charge in [0.15, 0.2) is 4.60 Å². The minimum absolute atomic E-state index is 0.0248. The molecular weight excluding hydrogens is 282 g/mol. The molecule has 0 amide bonds. The Balaban J connectivity index is 2.47. The molecule has 2 aromatic heterocycles. The van der Waals surface area contributed by atoms with E-state index in [1.54, 1.807) is 4.68 Å². The molecule has 0 aromatic carbocycles. The fraction of sp³-hybridized carbons (Fsp3) is 0.364. The number of rotatable bonds is 3. The summed E-state index contributed by atoms with van der Waals surface area (Å²) in [5.74, 6) is 0. The molecule has 17 heavy (non-hydrogen) atoms. The zero-order chi connectivity index (χ0) is 12.4. The number of nitrogens with one attached hydrogen (secondary N) is 1. The second-order valence-electron chi connectivity index (χ2n) is 3.91. The number of nitrogens with zero attached hydrogens (tertiary/aromatic N) is 4. The molecular formula is C11H14BrN5. The summed E-state index contributed by atoms with van der Waals surface area (Å²) in [6.07, 6.45) is 3.69. The highest BCUT2D eigenvalue weighted by Crippen LogP contribution is 2.26. The van der Waals surface area contributed by atoms with Crippen LogP contribution >= 0.6 is 15.9 Å². The summed E-state index contributed by atoms with van der Waals surface area (Å²) in [5, 5.41) is 11.3. The third-order valence-corrected chi connectivity index (χ3v) is 3.18. The zero-order valence-electron chi connectivity index (χ0n) is 9.98. The predicted octanol–water partition coefficient (Wildman–Crippen LogP) is 1.59. The van der Waals surface area contributed by atoms with Crippen LogP contribution in [0.3, 0.4) is 0 Å². The van der Waals surface area contributed by atoms with Crippen molar-refractivity contribution in [3.8, 4) is 0 Å². The SMILES string of the molecule is CNC(c1cncc(C)c1)c1c(Br)nnn1C. The Bertz CT molecular complexity index is 503. The molecule has 0 aliphatic heterocycles. The highest BCUT2D eigenvalue weighted by atomic mass is 79.9. The molecule has 0 fully saturated rings. The molecule has 6 heteroatoms. The summed E-state index contributed by atoms with van der Waals surface area (Å²) in [7, 11) is 3.78. The number of pyridine rings is 1. The fourth-order valence-electron chi connectivity index (χ4n) is 1.84. The summed E-state index contributed by atoms with van der Waals surface area (Å²) < 4.78 is 2.51. The number of hydrogen-bond acceptors (Lipinski definition) is 4. The van der Waals surface area contributed by atoms with Crippen molar-refractivity contribution in [3.63, 3.8) is 0 Å². The van der Waals surface area contributed by atoms with Gasteiger partial charge < -0.3 is 5.32 Å². The van der Waals surface area contributed by atoms with Gasteiger partial charge in [0.25, 0.3) is 0 Å². The van der Waals surface area contributed by atoms with Crippen molar-refractivity contribution in [1.82, 2.24) is 25.3 Å². The van der Waals surface area contributed by atoms with Gasteiger partial charge in [0.05, 0.1) is 11.7 Å². The third-order valence-electron chi connectivity index (χ3n) is 2.62. The van der Waals surface area contributed by atoms with Crippen molar-refractivity contribution in [3.05, 3.63) is 39.9 Å². The Kier molecular flexibility index (Phi) is 3.54. The van der Waals surface area contributed by atoms with Crippen molar-refractivity contribution in [2.24, 2.45) is 7.05 Å². The Labute approximate surface area is 108 Å². The van der Waals surface area contributed by atoms with Crippen molar-refractivity contribution in [2.75, 3.05) is 7.05 Å². The van der Waals surface area contributed by atoms with Crippen LogP contribution in [0.25, 0.3) is 0 Å². The smallest absolute Gasteiger partial charge is 0.153 e. The first-order valence-electron chi connectivity index (χ1n) is 5.27. The first-order chi connectivity index (χ1) is 8.13. The average Bonchev–Trinajstić information content (AvgIpc) is 2.62. The molecule has 0 saturated carbocycles. The average molecular weight is 296 g/mol. The second kappa shape index (κ2) is 4.93. The van der Waals surface area contributed by atoms with Crippen LogP contribution in [-0.2, 0) is 7.05 Å². The van der Waals surface area contributed by atoms with E-state index in [0.29, 0.717) is 0 Å². The number of aryl methyl sites for hydroxylation is 2. The Morgan fingerprint density at radius 1 is 1.41 bits per heavy atom. The quantitative estimate of drug-likeness (QED) is 0.934. The van der Waals surface area contributed by atoms with Crippen LogP contribution in [0.1, 0.15) is 22.9 Å². The maximum absolute atomic E-state index is 4.22. The molecule has 1 atom stereocenters. The predicted molar refractivity (Wildman–Crippen MR) is 68.6 cm³/mol. The molecule has 2 heterocycles. The topological polar surface area (TPSA) is 55.6 Å². The normalized spacial score (nSPS) is 12.7. The first kappa shape index (κ1) is 12.2. The molecule has 2 aromatic rings. The maximum atomic E-state index is 4.22. The molecule has 0 radical (unpaired) electrons.